The van der Waals surface area contributed by atoms with Gasteiger partial charge >= 0.3 is 33.6 Å². The Morgan fingerprint density at radius 1 is 0.287 bits per heavy atom. The van der Waals surface area contributed by atoms with Crippen LogP contribution in [0.2, 0.25) is 0 Å². The quantitative estimate of drug-likeness (QED) is 0.0146. The van der Waals surface area contributed by atoms with Crippen LogP contribution in [0.1, 0.15) is 316 Å². The fourth-order valence-electron chi connectivity index (χ4n) is 10.4. The molecule has 0 rings (SSSR count). The SMILES string of the molecule is CC/C=C\C/C=C\C/C=C\C/C=C\C/C=C\C/C=C\CCCCCCCCCCC(=O)OCC(O)COP(=O)(O)OCC(O)COP(=O)(O)OCC(COC(=O)CCCCCCCCCCC/C=C\C/C=C\C/C=C\C/C=C\C/C=C\CC)OC(=O)CCCCCCCCCCCCCCC. The first-order valence-corrected chi connectivity index (χ1v) is 42.5. The second-order valence-corrected chi connectivity index (χ2v) is 29.0. The van der Waals surface area contributed by atoms with Crippen molar-refractivity contribution in [2.75, 3.05) is 39.6 Å². The standard InChI is InChI=1S/C83H142O16P2/c1-4-7-10-13-16-19-22-25-27-29-31-33-35-37-38-40-42-43-45-47-49-52-54-57-60-63-66-69-81(86)93-72-78(84)73-95-100(89,90)96-74-79(85)75-97-101(91,92)98-77-80(99-83(88)71-68-65-62-59-56-51-24-21-18-15-12-9-6-3)76-94-82(87)70-67-64-61-58-55-53-50-48-46-44-41-39-36-34-32-30-28-26-23-20-17-14-11-8-5-2/h7-8,10-11,16-17,19-20,25-28,31-34,37-39,41-43,78-80,84-85H,4-6,9,12-15,18,21-24,29-30,35-36,40,44-77H2,1-3H3,(H,89,90)(H,91,92)/b10-7-,11-8-,19-16-,20-17-,27-25-,28-26-,33-31-,34-32-,38-37-,41-39-,43-42-. The lowest BCUT2D eigenvalue weighted by Crippen LogP contribution is -2.30. The summed E-state index contributed by atoms with van der Waals surface area (Å²) in [5, 5.41) is 20.6. The number of phosphoric acid groups is 2. The van der Waals surface area contributed by atoms with Crippen molar-refractivity contribution in [1.82, 2.24) is 0 Å². The van der Waals surface area contributed by atoms with E-state index in [-0.39, 0.29) is 19.3 Å². The van der Waals surface area contributed by atoms with E-state index in [4.69, 9.17) is 32.3 Å². The number of hydrogen-bond donors (Lipinski definition) is 4. The maximum absolute atomic E-state index is 13.0. The molecule has 0 bridgehead atoms. The molecule has 0 aromatic heterocycles. The van der Waals surface area contributed by atoms with Gasteiger partial charge in [0.1, 0.15) is 25.4 Å². The van der Waals surface area contributed by atoms with Gasteiger partial charge in [-0.15, -0.1) is 0 Å². The second kappa shape index (κ2) is 75.4. The Balaban J connectivity index is 4.55. The molecule has 0 saturated carbocycles. The van der Waals surface area contributed by atoms with Crippen molar-refractivity contribution in [2.24, 2.45) is 0 Å². The van der Waals surface area contributed by atoms with E-state index in [9.17, 15) is 43.5 Å². The molecule has 0 saturated heterocycles. The highest BCUT2D eigenvalue weighted by molar-refractivity contribution is 7.47. The Morgan fingerprint density at radius 3 is 0.832 bits per heavy atom. The third-order valence-electron chi connectivity index (χ3n) is 16.4. The Hall–Kier alpha value is -4.31. The van der Waals surface area contributed by atoms with E-state index < -0.39 is 91.5 Å². The number of phosphoric ester groups is 2. The van der Waals surface area contributed by atoms with Gasteiger partial charge in [-0.3, -0.25) is 32.5 Å². The number of aliphatic hydroxyl groups excluding tert-OH is 2. The highest BCUT2D eigenvalue weighted by Gasteiger charge is 2.29. The van der Waals surface area contributed by atoms with E-state index in [0.29, 0.717) is 19.3 Å². The fraction of sp³-hybridized carbons (Fsp3) is 0.699. The van der Waals surface area contributed by atoms with Crippen LogP contribution >= 0.6 is 15.6 Å². The zero-order valence-corrected chi connectivity index (χ0v) is 65.1. The van der Waals surface area contributed by atoms with Gasteiger partial charge in [-0.1, -0.05) is 315 Å². The molecule has 18 heteroatoms. The Kier molecular flexibility index (Phi) is 72.2. The molecule has 0 aliphatic carbocycles. The van der Waals surface area contributed by atoms with E-state index in [1.165, 1.54) is 96.3 Å². The Labute approximate surface area is 614 Å². The molecule has 5 unspecified atom stereocenters. The number of carbonyl (C=O) groups is 3. The average Bonchev–Trinajstić information content (AvgIpc) is 0.949. The molecular weight excluding hydrogens is 1310 g/mol. The summed E-state index contributed by atoms with van der Waals surface area (Å²) in [5.41, 5.74) is 0. The summed E-state index contributed by atoms with van der Waals surface area (Å²) >= 11 is 0. The first kappa shape index (κ1) is 96.7. The van der Waals surface area contributed by atoms with Gasteiger partial charge in [0.05, 0.1) is 26.4 Å². The third kappa shape index (κ3) is 76.6. The minimum atomic E-state index is -4.93. The molecule has 0 aliphatic rings. The van der Waals surface area contributed by atoms with Crippen LogP contribution in [0, 0.1) is 0 Å². The number of esters is 3. The van der Waals surface area contributed by atoms with E-state index in [0.717, 1.165) is 161 Å². The summed E-state index contributed by atoms with van der Waals surface area (Å²) in [4.78, 5) is 58.6. The molecule has 16 nitrogen and oxygen atoms in total. The molecule has 0 aliphatic heterocycles. The highest BCUT2D eigenvalue weighted by atomic mass is 31.2. The zero-order chi connectivity index (χ0) is 73.7. The molecule has 0 aromatic rings. The molecule has 0 aromatic carbocycles. The minimum Gasteiger partial charge on any atom is -0.463 e. The number of rotatable bonds is 74. The van der Waals surface area contributed by atoms with Crippen molar-refractivity contribution in [3.63, 3.8) is 0 Å². The van der Waals surface area contributed by atoms with Crippen molar-refractivity contribution in [3.05, 3.63) is 134 Å². The third-order valence-corrected chi connectivity index (χ3v) is 18.3. The van der Waals surface area contributed by atoms with Gasteiger partial charge in [-0.2, -0.15) is 0 Å². The molecule has 5 atom stereocenters. The normalized spacial score (nSPS) is 14.7. The van der Waals surface area contributed by atoms with E-state index >= 15 is 0 Å². The fourth-order valence-corrected chi connectivity index (χ4v) is 12.0. The number of ether oxygens (including phenoxy) is 3. The summed E-state index contributed by atoms with van der Waals surface area (Å²) in [6.45, 7) is 2.45. The first-order valence-electron chi connectivity index (χ1n) is 39.5. The number of aliphatic hydroxyl groups is 2. The lowest BCUT2D eigenvalue weighted by molar-refractivity contribution is -0.161. The molecule has 0 heterocycles. The van der Waals surface area contributed by atoms with Gasteiger partial charge in [-0.05, 0) is 116 Å². The summed E-state index contributed by atoms with van der Waals surface area (Å²) in [7, 11) is -9.79. The number of allylic oxidation sites excluding steroid dienone is 22. The molecule has 0 amide bonds. The average molecular weight is 1460 g/mol. The van der Waals surface area contributed by atoms with Gasteiger partial charge in [0.2, 0.25) is 0 Å². The number of carbonyl (C=O) groups excluding carboxylic acids is 3. The van der Waals surface area contributed by atoms with E-state index in [1.54, 1.807) is 0 Å². The van der Waals surface area contributed by atoms with Gasteiger partial charge in [0, 0.05) is 19.3 Å². The van der Waals surface area contributed by atoms with Crippen molar-refractivity contribution < 1.29 is 75.8 Å². The molecule has 580 valence electrons. The van der Waals surface area contributed by atoms with Crippen LogP contribution in [-0.2, 0) is 55.8 Å². The van der Waals surface area contributed by atoms with Crippen LogP contribution in [0.5, 0.6) is 0 Å². The van der Waals surface area contributed by atoms with E-state index in [1.807, 2.05) is 0 Å². The lowest BCUT2D eigenvalue weighted by atomic mass is 10.0. The highest BCUT2D eigenvalue weighted by Crippen LogP contribution is 2.45. The smallest absolute Gasteiger partial charge is 0.463 e. The lowest BCUT2D eigenvalue weighted by Gasteiger charge is -2.21. The maximum Gasteiger partial charge on any atom is 0.472 e. The van der Waals surface area contributed by atoms with Crippen LogP contribution in [0.3, 0.4) is 0 Å². The second-order valence-electron chi connectivity index (χ2n) is 26.1. The largest absolute Gasteiger partial charge is 0.472 e. The van der Waals surface area contributed by atoms with Crippen LogP contribution in [0.4, 0.5) is 0 Å². The predicted octanol–water partition coefficient (Wildman–Crippen LogP) is 23.1. The van der Waals surface area contributed by atoms with Gasteiger partial charge in [0.15, 0.2) is 6.10 Å². The predicted molar refractivity (Wildman–Crippen MR) is 417 cm³/mol. The molecule has 0 spiro atoms. The minimum absolute atomic E-state index is 0.104. The van der Waals surface area contributed by atoms with Crippen LogP contribution in [0.25, 0.3) is 0 Å². The first-order chi connectivity index (χ1) is 49.2. The van der Waals surface area contributed by atoms with Crippen molar-refractivity contribution in [1.29, 1.82) is 0 Å². The van der Waals surface area contributed by atoms with Crippen molar-refractivity contribution >= 4 is 33.6 Å². The molecular formula is C83H142O16P2. The summed E-state index contributed by atoms with van der Waals surface area (Å²) in [6, 6.07) is 0. The summed E-state index contributed by atoms with van der Waals surface area (Å²) < 4.78 is 61.1. The van der Waals surface area contributed by atoms with Crippen LogP contribution in [-0.4, -0.2) is 95.9 Å². The van der Waals surface area contributed by atoms with Gasteiger partial charge < -0.3 is 34.2 Å². The molecule has 101 heavy (non-hydrogen) atoms. The van der Waals surface area contributed by atoms with Gasteiger partial charge in [-0.25, -0.2) is 9.13 Å². The maximum atomic E-state index is 13.0. The van der Waals surface area contributed by atoms with Crippen molar-refractivity contribution in [2.45, 2.75) is 334 Å². The Morgan fingerprint density at radius 2 is 0.525 bits per heavy atom. The van der Waals surface area contributed by atoms with Crippen LogP contribution < -0.4 is 0 Å². The molecule has 4 N–H and O–H groups in total. The van der Waals surface area contributed by atoms with Gasteiger partial charge in [0.25, 0.3) is 0 Å². The number of hydrogen-bond acceptors (Lipinski definition) is 14. The monoisotopic (exact) mass is 1460 g/mol. The Bertz CT molecular complexity index is 2370. The zero-order valence-electron chi connectivity index (χ0n) is 63.3. The summed E-state index contributed by atoms with van der Waals surface area (Å²) in [6.07, 6.45) is 90.6. The topological polar surface area (TPSA) is 231 Å². The van der Waals surface area contributed by atoms with E-state index in [2.05, 4.69) is 154 Å². The van der Waals surface area contributed by atoms with Crippen LogP contribution in [0.15, 0.2) is 134 Å². The summed E-state index contributed by atoms with van der Waals surface area (Å²) in [5.74, 6) is -1.58. The molecule has 0 fully saturated rings. The number of unbranched alkanes of at least 4 members (excludes halogenated alkanes) is 29. The van der Waals surface area contributed by atoms with Crippen molar-refractivity contribution in [3.8, 4) is 0 Å². The molecule has 0 radical (unpaired) electrons.